The standard InChI is InChI=1S/C18H34O4.2C18H34O3/c19-15-11-7-2-1-4-8-12-16-17(22-16)13-9-5-3-6-10-14-18(20)21;2*19-17-15-13-11-9-7-5-3-1-2-4-6-8-10-12-14-16-18(20)21/h16-17,19H,1-15H2,(H,20,21);2*1-2,19H,3-17H2,(H,20,21)/p-3/b;2-1+;2-1-. The quantitative estimate of drug-likeness (QED) is 0.0300. The van der Waals surface area contributed by atoms with Crippen LogP contribution >= 0.6 is 0 Å². The van der Waals surface area contributed by atoms with Crippen molar-refractivity contribution in [3.05, 3.63) is 24.3 Å². The molecule has 0 spiro atoms. The van der Waals surface area contributed by atoms with E-state index < -0.39 is 17.9 Å². The van der Waals surface area contributed by atoms with Gasteiger partial charge in [-0.3, -0.25) is 0 Å². The predicted octanol–water partition coefficient (Wildman–Crippen LogP) is 10.4. The molecule has 0 bridgehead atoms. The molecule has 1 heterocycles. The molecule has 0 aromatic carbocycles. The molecule has 1 aliphatic heterocycles. The maximum Gasteiger partial charge on any atom is 0.0841 e. The summed E-state index contributed by atoms with van der Waals surface area (Å²) in [5, 5.41) is 56.7. The zero-order valence-electron chi connectivity index (χ0n) is 41.0. The van der Waals surface area contributed by atoms with Crippen molar-refractivity contribution in [1.82, 2.24) is 0 Å². The molecule has 3 N–H and O–H groups in total. The Morgan fingerprint density at radius 2 is 0.516 bits per heavy atom. The average molecular weight is 908 g/mol. The van der Waals surface area contributed by atoms with Crippen molar-refractivity contribution in [2.75, 3.05) is 19.8 Å². The number of aliphatic hydroxyl groups is 3. The van der Waals surface area contributed by atoms with E-state index in [1.807, 2.05) is 0 Å². The van der Waals surface area contributed by atoms with Crippen molar-refractivity contribution < 1.29 is 49.8 Å². The number of rotatable bonds is 48. The van der Waals surface area contributed by atoms with Gasteiger partial charge in [0, 0.05) is 37.7 Å². The van der Waals surface area contributed by atoms with Crippen LogP contribution in [0.3, 0.4) is 0 Å². The van der Waals surface area contributed by atoms with Crippen LogP contribution in [0.25, 0.3) is 0 Å². The molecule has 1 fully saturated rings. The first-order chi connectivity index (χ1) is 31.3. The van der Waals surface area contributed by atoms with E-state index in [-0.39, 0.29) is 19.3 Å². The first kappa shape index (κ1) is 63.8. The molecular weight excluding hydrogens is 809 g/mol. The molecule has 0 aliphatic carbocycles. The Morgan fingerprint density at radius 1 is 0.312 bits per heavy atom. The zero-order chi connectivity index (χ0) is 47.2. The minimum absolute atomic E-state index is 0.202. The van der Waals surface area contributed by atoms with Gasteiger partial charge in [0.1, 0.15) is 0 Å². The molecule has 10 nitrogen and oxygen atoms in total. The number of carbonyl (C=O) groups excluding carboxylic acids is 3. The molecule has 1 saturated heterocycles. The first-order valence-electron chi connectivity index (χ1n) is 26.7. The summed E-state index contributed by atoms with van der Waals surface area (Å²) in [5.74, 6) is -2.78. The SMILES string of the molecule is O=C([O-])CCCCCCC/C=C/CCCCCCCCO.O=C([O-])CCCCCCC/C=C\CCCCCCCCO.O=C([O-])CCCCCCCC1OC1CCCCCCCCO. The summed E-state index contributed by atoms with van der Waals surface area (Å²) < 4.78 is 5.70. The summed E-state index contributed by atoms with van der Waals surface area (Å²) in [4.78, 5) is 30.7. The maximum atomic E-state index is 10.3. The number of ether oxygens (including phenoxy) is 1. The molecule has 1 rings (SSSR count). The first-order valence-corrected chi connectivity index (χ1v) is 26.7. The fourth-order valence-corrected chi connectivity index (χ4v) is 7.75. The third kappa shape index (κ3) is 59.7. The third-order valence-corrected chi connectivity index (χ3v) is 11.8. The van der Waals surface area contributed by atoms with Crippen LogP contribution in [0.1, 0.15) is 270 Å². The van der Waals surface area contributed by atoms with Crippen LogP contribution in [0.2, 0.25) is 0 Å². The molecular formula is C54H99O10-3. The Kier molecular flexibility index (Phi) is 54.9. The second-order valence-electron chi connectivity index (χ2n) is 18.1. The number of carboxylic acids is 3. The van der Waals surface area contributed by atoms with Gasteiger partial charge in [0.25, 0.3) is 0 Å². The van der Waals surface area contributed by atoms with E-state index in [4.69, 9.17) is 20.1 Å². The second-order valence-corrected chi connectivity index (χ2v) is 18.1. The summed E-state index contributed by atoms with van der Waals surface area (Å²) in [6.45, 7) is 0.993. The molecule has 378 valence electrons. The van der Waals surface area contributed by atoms with Gasteiger partial charge in [-0.1, -0.05) is 172 Å². The van der Waals surface area contributed by atoms with Gasteiger partial charge >= 0.3 is 0 Å². The molecule has 0 radical (unpaired) electrons. The molecule has 0 amide bonds. The third-order valence-electron chi connectivity index (χ3n) is 11.8. The van der Waals surface area contributed by atoms with E-state index in [2.05, 4.69) is 24.3 Å². The van der Waals surface area contributed by atoms with E-state index in [0.29, 0.717) is 32.0 Å². The van der Waals surface area contributed by atoms with Gasteiger partial charge in [0.15, 0.2) is 0 Å². The van der Waals surface area contributed by atoms with Gasteiger partial charge in [0.05, 0.1) is 12.2 Å². The van der Waals surface area contributed by atoms with Crippen LogP contribution in [-0.4, -0.2) is 65.3 Å². The number of allylic oxidation sites excluding steroid dienone is 4. The van der Waals surface area contributed by atoms with Crippen LogP contribution in [0.4, 0.5) is 0 Å². The Labute approximate surface area is 392 Å². The van der Waals surface area contributed by atoms with Gasteiger partial charge in [-0.2, -0.15) is 0 Å². The zero-order valence-corrected chi connectivity index (χ0v) is 41.0. The highest BCUT2D eigenvalue weighted by atomic mass is 16.6. The lowest BCUT2D eigenvalue weighted by Gasteiger charge is -2.02. The van der Waals surface area contributed by atoms with Gasteiger partial charge in [-0.15, -0.1) is 0 Å². The molecule has 0 aromatic heterocycles. The molecule has 64 heavy (non-hydrogen) atoms. The summed E-state index contributed by atoms with van der Waals surface area (Å²) in [7, 11) is 0. The van der Waals surface area contributed by atoms with Gasteiger partial charge in [-0.25, -0.2) is 0 Å². The van der Waals surface area contributed by atoms with E-state index in [9.17, 15) is 29.7 Å². The van der Waals surface area contributed by atoms with Gasteiger partial charge in [0.2, 0.25) is 0 Å². The summed E-state index contributed by atoms with van der Waals surface area (Å²) in [5.41, 5.74) is 0. The molecule has 10 heteroatoms. The van der Waals surface area contributed by atoms with E-state index in [1.165, 1.54) is 141 Å². The number of aliphatic carboxylic acids is 3. The normalized spacial score (nSPS) is 14.4. The van der Waals surface area contributed by atoms with Crippen molar-refractivity contribution >= 4 is 17.9 Å². The van der Waals surface area contributed by atoms with Crippen molar-refractivity contribution in [2.24, 2.45) is 0 Å². The van der Waals surface area contributed by atoms with Crippen molar-refractivity contribution in [3.8, 4) is 0 Å². The average Bonchev–Trinajstić information content (AvgIpc) is 4.03. The number of unbranched alkanes of at least 4 members (excludes halogenated alkanes) is 31. The van der Waals surface area contributed by atoms with Crippen LogP contribution < -0.4 is 15.3 Å². The fourth-order valence-electron chi connectivity index (χ4n) is 7.75. The summed E-state index contributed by atoms with van der Waals surface area (Å²) in [6.07, 6.45) is 55.4. The monoisotopic (exact) mass is 908 g/mol. The van der Waals surface area contributed by atoms with Crippen LogP contribution in [0.15, 0.2) is 24.3 Å². The number of hydrogen-bond acceptors (Lipinski definition) is 10. The van der Waals surface area contributed by atoms with Gasteiger partial charge in [-0.05, 0) is 122 Å². The molecule has 2 unspecified atom stereocenters. The second kappa shape index (κ2) is 55.1. The molecule has 0 saturated carbocycles. The highest BCUT2D eigenvalue weighted by molar-refractivity contribution is 5.64. The van der Waals surface area contributed by atoms with Crippen molar-refractivity contribution in [2.45, 2.75) is 282 Å². The van der Waals surface area contributed by atoms with E-state index in [1.54, 1.807) is 0 Å². The lowest BCUT2D eigenvalue weighted by atomic mass is 10.0. The molecule has 1 aliphatic rings. The Morgan fingerprint density at radius 3 is 0.750 bits per heavy atom. The topological polar surface area (TPSA) is 194 Å². The minimum atomic E-state index is -0.928. The van der Waals surface area contributed by atoms with Crippen LogP contribution in [0.5, 0.6) is 0 Å². The largest absolute Gasteiger partial charge is 0.550 e. The number of epoxide rings is 1. The summed E-state index contributed by atoms with van der Waals surface area (Å²) >= 11 is 0. The number of aliphatic hydroxyl groups excluding tert-OH is 3. The fraction of sp³-hybridized carbons (Fsp3) is 0.870. The Balaban J connectivity index is 0. The van der Waals surface area contributed by atoms with Gasteiger partial charge < -0.3 is 49.8 Å². The predicted molar refractivity (Wildman–Crippen MR) is 257 cm³/mol. The van der Waals surface area contributed by atoms with Crippen LogP contribution in [-0.2, 0) is 19.1 Å². The smallest absolute Gasteiger partial charge is 0.0841 e. The number of carbonyl (C=O) groups is 3. The van der Waals surface area contributed by atoms with Crippen molar-refractivity contribution in [3.63, 3.8) is 0 Å². The minimum Gasteiger partial charge on any atom is -0.550 e. The van der Waals surface area contributed by atoms with E-state index in [0.717, 1.165) is 109 Å². The van der Waals surface area contributed by atoms with Crippen molar-refractivity contribution in [1.29, 1.82) is 0 Å². The van der Waals surface area contributed by atoms with E-state index >= 15 is 0 Å². The summed E-state index contributed by atoms with van der Waals surface area (Å²) in [6, 6.07) is 0. The molecule has 2 atom stereocenters. The van der Waals surface area contributed by atoms with Crippen LogP contribution in [0, 0.1) is 0 Å². The highest BCUT2D eigenvalue weighted by Crippen LogP contribution is 2.32. The Hall–Kier alpha value is -2.27. The highest BCUT2D eigenvalue weighted by Gasteiger charge is 2.36. The maximum absolute atomic E-state index is 10.3. The number of carboxylic acid groups (broad SMARTS) is 3. The number of hydrogen-bond donors (Lipinski definition) is 3. The Bertz CT molecular complexity index is 980. The molecule has 0 aromatic rings. The lowest BCUT2D eigenvalue weighted by molar-refractivity contribution is -0.307. The lowest BCUT2D eigenvalue weighted by Crippen LogP contribution is -2.21.